The number of nitrogens with zero attached hydrogens (tertiary/aromatic N) is 2. The number of hydrogen-bond donors (Lipinski definition) is 3. The lowest BCUT2D eigenvalue weighted by Crippen LogP contribution is -2.32. The van der Waals surface area contributed by atoms with Crippen molar-refractivity contribution in [2.24, 2.45) is 7.05 Å². The van der Waals surface area contributed by atoms with Crippen molar-refractivity contribution in [2.75, 3.05) is 11.9 Å². The fourth-order valence-corrected chi connectivity index (χ4v) is 4.36. The number of hydrogen-bond acceptors (Lipinski definition) is 5. The third kappa shape index (κ3) is 5.51. The second kappa shape index (κ2) is 10.4. The van der Waals surface area contributed by atoms with E-state index in [1.54, 1.807) is 14.0 Å². The Morgan fingerprint density at radius 2 is 1.71 bits per heavy atom. The number of aliphatic carboxylic acids is 1. The van der Waals surface area contributed by atoms with E-state index in [1.807, 2.05) is 24.3 Å². The molecule has 0 spiro atoms. The molecule has 0 fully saturated rings. The third-order valence-electron chi connectivity index (χ3n) is 6.09. The molecule has 0 bridgehead atoms. The standard InChI is InChI=1S/C26H28N4O5/c1-16(8-7-13-24(31)32)27-25(33)22-14-23(30(2)29-22)28-26(34)35-15-21-19-11-5-3-9-17(19)18-10-4-6-12-20(18)21/h3-6,9-12,14,16,21H,7-8,13,15H2,1-2H3,(H,27,33)(H,28,34)(H,31,32). The summed E-state index contributed by atoms with van der Waals surface area (Å²) >= 11 is 0. The van der Waals surface area contributed by atoms with Crippen molar-refractivity contribution in [3.05, 3.63) is 71.4 Å². The highest BCUT2D eigenvalue weighted by atomic mass is 16.5. The summed E-state index contributed by atoms with van der Waals surface area (Å²) < 4.78 is 6.95. The van der Waals surface area contributed by atoms with Crippen molar-refractivity contribution in [2.45, 2.75) is 38.1 Å². The lowest BCUT2D eigenvalue weighted by Gasteiger charge is -2.14. The van der Waals surface area contributed by atoms with E-state index in [-0.39, 0.29) is 30.7 Å². The molecule has 3 aromatic rings. The maximum atomic E-state index is 12.6. The number of benzene rings is 2. The van der Waals surface area contributed by atoms with E-state index in [1.165, 1.54) is 10.7 Å². The average Bonchev–Trinajstić information content (AvgIpc) is 3.35. The molecule has 0 saturated heterocycles. The van der Waals surface area contributed by atoms with Gasteiger partial charge in [-0.3, -0.25) is 19.6 Å². The maximum absolute atomic E-state index is 12.6. The van der Waals surface area contributed by atoms with Gasteiger partial charge < -0.3 is 15.2 Å². The van der Waals surface area contributed by atoms with Crippen molar-refractivity contribution < 1.29 is 24.2 Å². The summed E-state index contributed by atoms with van der Waals surface area (Å²) in [5, 5.41) is 18.3. The van der Waals surface area contributed by atoms with E-state index in [0.29, 0.717) is 18.7 Å². The largest absolute Gasteiger partial charge is 0.481 e. The molecule has 1 aliphatic rings. The summed E-state index contributed by atoms with van der Waals surface area (Å²) in [5.41, 5.74) is 4.69. The highest BCUT2D eigenvalue weighted by Gasteiger charge is 2.29. The molecule has 1 aliphatic carbocycles. The highest BCUT2D eigenvalue weighted by molar-refractivity contribution is 5.94. The van der Waals surface area contributed by atoms with E-state index in [4.69, 9.17) is 9.84 Å². The molecule has 1 atom stereocenters. The van der Waals surface area contributed by atoms with Gasteiger partial charge in [-0.25, -0.2) is 4.79 Å². The molecule has 2 aromatic carbocycles. The molecule has 35 heavy (non-hydrogen) atoms. The van der Waals surface area contributed by atoms with Crippen LogP contribution in [-0.4, -0.2) is 45.5 Å². The zero-order valence-corrected chi connectivity index (χ0v) is 19.7. The summed E-state index contributed by atoms with van der Waals surface area (Å²) in [4.78, 5) is 35.7. The zero-order chi connectivity index (χ0) is 24.9. The first-order chi connectivity index (χ1) is 16.8. The lowest BCUT2D eigenvalue weighted by molar-refractivity contribution is -0.137. The Kier molecular flexibility index (Phi) is 7.14. The Labute approximate surface area is 203 Å². The first-order valence-electron chi connectivity index (χ1n) is 11.5. The number of carboxylic acids is 1. The minimum atomic E-state index is -0.864. The summed E-state index contributed by atoms with van der Waals surface area (Å²) in [6.45, 7) is 1.98. The molecule has 9 heteroatoms. The van der Waals surface area contributed by atoms with Gasteiger partial charge in [-0.05, 0) is 42.0 Å². The van der Waals surface area contributed by atoms with Gasteiger partial charge in [0.15, 0.2) is 5.69 Å². The van der Waals surface area contributed by atoms with Crippen LogP contribution in [0.5, 0.6) is 0 Å². The molecule has 1 heterocycles. The number of carbonyl (C=O) groups excluding carboxylic acids is 2. The van der Waals surface area contributed by atoms with Crippen LogP contribution >= 0.6 is 0 Å². The first-order valence-corrected chi connectivity index (χ1v) is 11.5. The summed E-state index contributed by atoms with van der Waals surface area (Å²) in [6.07, 6.45) is 0.422. The second-order valence-corrected chi connectivity index (χ2v) is 8.65. The minimum absolute atomic E-state index is 0.0522. The van der Waals surface area contributed by atoms with Crippen molar-refractivity contribution in [3.8, 4) is 11.1 Å². The number of aromatic nitrogens is 2. The quantitative estimate of drug-likeness (QED) is 0.426. The first kappa shape index (κ1) is 24.0. The van der Waals surface area contributed by atoms with Gasteiger partial charge in [0.2, 0.25) is 0 Å². The summed E-state index contributed by atoms with van der Waals surface area (Å²) in [6, 6.07) is 17.5. The highest BCUT2D eigenvalue weighted by Crippen LogP contribution is 2.44. The van der Waals surface area contributed by atoms with Crippen LogP contribution in [0, 0.1) is 0 Å². The topological polar surface area (TPSA) is 123 Å². The molecule has 9 nitrogen and oxygen atoms in total. The monoisotopic (exact) mass is 476 g/mol. The van der Waals surface area contributed by atoms with E-state index in [2.05, 4.69) is 40.0 Å². The van der Waals surface area contributed by atoms with Crippen molar-refractivity contribution in [1.82, 2.24) is 15.1 Å². The van der Waals surface area contributed by atoms with E-state index >= 15 is 0 Å². The van der Waals surface area contributed by atoms with Crippen molar-refractivity contribution in [3.63, 3.8) is 0 Å². The van der Waals surface area contributed by atoms with Gasteiger partial charge >= 0.3 is 12.1 Å². The SMILES string of the molecule is CC(CCCC(=O)O)NC(=O)c1cc(NC(=O)OCC2c3ccccc3-c3ccccc32)n(C)n1. The number of rotatable bonds is 9. The second-order valence-electron chi connectivity index (χ2n) is 8.65. The number of nitrogens with one attached hydrogen (secondary N) is 2. The normalized spacial score (nSPS) is 13.0. The minimum Gasteiger partial charge on any atom is -0.481 e. The molecule has 2 amide bonds. The number of amides is 2. The van der Waals surface area contributed by atoms with Crippen LogP contribution in [0.1, 0.15) is 53.7 Å². The number of anilines is 1. The van der Waals surface area contributed by atoms with Crippen LogP contribution in [-0.2, 0) is 16.6 Å². The Balaban J connectivity index is 1.34. The number of fused-ring (bicyclic) bond motifs is 3. The van der Waals surface area contributed by atoms with Crippen LogP contribution in [0.15, 0.2) is 54.6 Å². The van der Waals surface area contributed by atoms with E-state index < -0.39 is 18.0 Å². The van der Waals surface area contributed by atoms with Gasteiger partial charge in [-0.1, -0.05) is 48.5 Å². The average molecular weight is 477 g/mol. The molecule has 1 unspecified atom stereocenters. The maximum Gasteiger partial charge on any atom is 0.412 e. The zero-order valence-electron chi connectivity index (χ0n) is 19.7. The predicted octanol–water partition coefficient (Wildman–Crippen LogP) is 4.15. The molecule has 0 aliphatic heterocycles. The van der Waals surface area contributed by atoms with Gasteiger partial charge in [0.05, 0.1) is 0 Å². The lowest BCUT2D eigenvalue weighted by atomic mass is 9.98. The van der Waals surface area contributed by atoms with Gasteiger partial charge in [0, 0.05) is 31.5 Å². The van der Waals surface area contributed by atoms with Gasteiger partial charge in [-0.15, -0.1) is 0 Å². The number of carbonyl (C=O) groups is 3. The molecule has 0 saturated carbocycles. The van der Waals surface area contributed by atoms with Gasteiger partial charge in [0.25, 0.3) is 5.91 Å². The third-order valence-corrected chi connectivity index (χ3v) is 6.09. The van der Waals surface area contributed by atoms with Crippen LogP contribution < -0.4 is 10.6 Å². The number of carboxylic acid groups (broad SMARTS) is 1. The fraction of sp³-hybridized carbons (Fsp3) is 0.308. The molecule has 182 valence electrons. The smallest absolute Gasteiger partial charge is 0.412 e. The van der Waals surface area contributed by atoms with E-state index in [9.17, 15) is 14.4 Å². The van der Waals surface area contributed by atoms with Gasteiger partial charge in [-0.2, -0.15) is 5.10 Å². The number of ether oxygens (including phenoxy) is 1. The van der Waals surface area contributed by atoms with Crippen molar-refractivity contribution >= 4 is 23.8 Å². The molecule has 0 radical (unpaired) electrons. The molecule has 3 N–H and O–H groups in total. The van der Waals surface area contributed by atoms with Crippen LogP contribution in [0.3, 0.4) is 0 Å². The predicted molar refractivity (Wildman–Crippen MR) is 130 cm³/mol. The van der Waals surface area contributed by atoms with Crippen LogP contribution in [0.25, 0.3) is 11.1 Å². The molecular formula is C26H28N4O5. The summed E-state index contributed by atoms with van der Waals surface area (Å²) in [7, 11) is 1.62. The molecule has 1 aromatic heterocycles. The number of aryl methyl sites for hydroxylation is 1. The Bertz CT molecular complexity index is 1210. The Morgan fingerprint density at radius 3 is 2.34 bits per heavy atom. The Morgan fingerprint density at radius 1 is 1.09 bits per heavy atom. The fourth-order valence-electron chi connectivity index (χ4n) is 4.36. The van der Waals surface area contributed by atoms with Crippen LogP contribution in [0.2, 0.25) is 0 Å². The van der Waals surface area contributed by atoms with Gasteiger partial charge in [0.1, 0.15) is 12.4 Å². The Hall–Kier alpha value is -4.14. The van der Waals surface area contributed by atoms with E-state index in [0.717, 1.165) is 22.3 Å². The van der Waals surface area contributed by atoms with Crippen molar-refractivity contribution in [1.29, 1.82) is 0 Å². The molecule has 4 rings (SSSR count). The molecular weight excluding hydrogens is 448 g/mol. The van der Waals surface area contributed by atoms with Crippen LogP contribution in [0.4, 0.5) is 10.6 Å². The summed E-state index contributed by atoms with van der Waals surface area (Å²) in [5.74, 6) is -0.990.